The molecule has 1 saturated heterocycles. The number of unbranched alkanes of at least 4 members (excludes halogenated alkanes) is 2. The highest BCUT2D eigenvalue weighted by molar-refractivity contribution is 7.09. The van der Waals surface area contributed by atoms with E-state index in [2.05, 4.69) is 49.0 Å². The number of urea groups is 1. The molecule has 1 fully saturated rings. The van der Waals surface area contributed by atoms with E-state index in [9.17, 15) is 53.1 Å². The molecule has 0 radical (unpaired) electrons. The monoisotopic (exact) mass is 1500 g/mol. The number of methoxy groups -OCH3 is 2. The Bertz CT molecular complexity index is 3530. The van der Waals surface area contributed by atoms with Crippen molar-refractivity contribution in [1.82, 2.24) is 51.2 Å². The number of imide groups is 1. The number of aliphatic hydroxyl groups excluding tert-OH is 1. The van der Waals surface area contributed by atoms with Crippen LogP contribution in [0.3, 0.4) is 0 Å². The summed E-state index contributed by atoms with van der Waals surface area (Å²) in [6.07, 6.45) is 6.76. The van der Waals surface area contributed by atoms with Crippen LogP contribution in [-0.4, -0.2) is 205 Å². The van der Waals surface area contributed by atoms with Gasteiger partial charge in [0.25, 0.3) is 11.8 Å². The number of hydrogen-bond donors (Lipinski definition) is 8. The molecule has 107 heavy (non-hydrogen) atoms. The highest BCUT2D eigenvalue weighted by Gasteiger charge is 2.44. The van der Waals surface area contributed by atoms with Gasteiger partial charge in [-0.1, -0.05) is 130 Å². The number of rotatable bonds is 44. The molecule has 2 aliphatic heterocycles. The largest absolute Gasteiger partial charge is 0.444 e. The number of carbonyl (C=O) groups excluding carboxylic acids is 10. The van der Waals surface area contributed by atoms with E-state index in [1.807, 2.05) is 113 Å². The zero-order valence-corrected chi connectivity index (χ0v) is 65.7. The minimum atomic E-state index is -1.08. The van der Waals surface area contributed by atoms with Crippen molar-refractivity contribution in [2.24, 2.45) is 35.3 Å². The summed E-state index contributed by atoms with van der Waals surface area (Å²) in [5, 5.41) is 32.0. The van der Waals surface area contributed by atoms with Gasteiger partial charge in [-0.05, 0) is 123 Å². The number of hydrogen-bond acceptors (Lipinski definition) is 18. The summed E-state index contributed by atoms with van der Waals surface area (Å²) >= 11 is 1.52. The van der Waals surface area contributed by atoms with Gasteiger partial charge in [0.2, 0.25) is 35.4 Å². The van der Waals surface area contributed by atoms with Gasteiger partial charge >= 0.3 is 12.1 Å². The SMILES string of the molecule is CC[C@H](C)[C@@H]([C@@H](CC(=O)N1CCC[C@H]1C(OC)[C@@H](C)C(O)N[C@@H](Cc1ccccc1)c1nccs1)OC)N(C)C(=O)[C@@H](NC(=O)[C@H](C(C)C)N(C)CCc1ccc(N(C)C(=O)OCc2ccc(NC(=O)[C@H](CCCNC(N)=O)NC(=O)[C@@H](NC(=O)CCCCCN3C(=O)C=CC3=O)C(C)C)cc2)cc1)C(C)C. The normalized spacial score (nSPS) is 16.8. The van der Waals surface area contributed by atoms with Gasteiger partial charge in [0.15, 0.2) is 0 Å². The molecule has 9 N–H and O–H groups in total. The minimum Gasteiger partial charge on any atom is -0.444 e. The van der Waals surface area contributed by atoms with E-state index in [4.69, 9.17) is 19.9 Å². The van der Waals surface area contributed by atoms with E-state index in [-0.39, 0.29) is 117 Å². The average Bonchev–Trinajstić information content (AvgIpc) is 1.68. The number of nitrogens with zero attached hydrogens (tertiary/aromatic N) is 6. The van der Waals surface area contributed by atoms with Gasteiger partial charge in [0, 0.05) is 102 Å². The summed E-state index contributed by atoms with van der Waals surface area (Å²) in [5.74, 6) is -4.25. The number of likely N-dealkylation sites (N-methyl/N-ethyl adjacent to an activating group) is 2. The van der Waals surface area contributed by atoms with Gasteiger partial charge in [-0.25, -0.2) is 14.6 Å². The lowest BCUT2D eigenvalue weighted by Gasteiger charge is -2.41. The summed E-state index contributed by atoms with van der Waals surface area (Å²) < 4.78 is 18.0. The number of primary amides is 1. The van der Waals surface area contributed by atoms with Crippen LogP contribution in [-0.2, 0) is 72.0 Å². The number of aromatic nitrogens is 1. The fraction of sp³-hybridized carbons (Fsp3) is 0.582. The van der Waals surface area contributed by atoms with E-state index < -0.39 is 78.5 Å². The molecule has 0 bridgehead atoms. The van der Waals surface area contributed by atoms with Crippen LogP contribution in [0.2, 0.25) is 0 Å². The first-order valence-electron chi connectivity index (χ1n) is 37.5. The van der Waals surface area contributed by atoms with Crippen molar-refractivity contribution >= 4 is 82.1 Å². The van der Waals surface area contributed by atoms with Crippen molar-refractivity contribution in [3.8, 4) is 0 Å². The van der Waals surface area contributed by atoms with Crippen LogP contribution in [0.1, 0.15) is 154 Å². The lowest BCUT2D eigenvalue weighted by Crippen LogP contribution is -2.60. The number of benzene rings is 3. The van der Waals surface area contributed by atoms with Crippen molar-refractivity contribution in [2.75, 3.05) is 71.8 Å². The lowest BCUT2D eigenvalue weighted by molar-refractivity contribution is -0.148. The zero-order chi connectivity index (χ0) is 78.6. The summed E-state index contributed by atoms with van der Waals surface area (Å²) in [6.45, 7) is 18.6. The zero-order valence-electron chi connectivity index (χ0n) is 64.9. The third-order valence-electron chi connectivity index (χ3n) is 20.4. The second-order valence-electron chi connectivity index (χ2n) is 29.3. The highest BCUT2D eigenvalue weighted by Crippen LogP contribution is 2.32. The minimum absolute atomic E-state index is 0.00385. The topological polar surface area (TPSA) is 346 Å². The van der Waals surface area contributed by atoms with E-state index in [0.29, 0.717) is 75.0 Å². The van der Waals surface area contributed by atoms with Crippen LogP contribution >= 0.6 is 11.3 Å². The molecular formula is C79H117N13O14S. The van der Waals surface area contributed by atoms with E-state index in [1.54, 1.807) is 77.5 Å². The van der Waals surface area contributed by atoms with Gasteiger partial charge in [-0.2, -0.15) is 0 Å². The summed E-state index contributed by atoms with van der Waals surface area (Å²) in [7, 11) is 8.40. The molecule has 1 aromatic heterocycles. The predicted molar refractivity (Wildman–Crippen MR) is 412 cm³/mol. The summed E-state index contributed by atoms with van der Waals surface area (Å²) in [4.78, 5) is 146. The fourth-order valence-corrected chi connectivity index (χ4v) is 14.7. The molecular weight excluding hydrogens is 1390 g/mol. The van der Waals surface area contributed by atoms with Crippen LogP contribution in [0.4, 0.5) is 21.0 Å². The quantitative estimate of drug-likeness (QED) is 0.0119. The highest BCUT2D eigenvalue weighted by atomic mass is 32.1. The van der Waals surface area contributed by atoms with Crippen molar-refractivity contribution < 1.29 is 67.3 Å². The number of likely N-dealkylation sites (tertiary alicyclic amines) is 1. The molecule has 0 saturated carbocycles. The Hall–Kier alpha value is -8.67. The first-order chi connectivity index (χ1) is 51.0. The Morgan fingerprint density at radius 1 is 0.748 bits per heavy atom. The van der Waals surface area contributed by atoms with Crippen molar-refractivity contribution in [3.05, 3.63) is 124 Å². The van der Waals surface area contributed by atoms with Gasteiger partial charge in [-0.15, -0.1) is 11.3 Å². The Morgan fingerprint density at radius 2 is 1.41 bits per heavy atom. The molecule has 6 rings (SSSR count). The predicted octanol–water partition coefficient (Wildman–Crippen LogP) is 7.87. The maximum Gasteiger partial charge on any atom is 0.414 e. The summed E-state index contributed by atoms with van der Waals surface area (Å²) in [5.41, 5.74) is 8.90. The third kappa shape index (κ3) is 26.0. The van der Waals surface area contributed by atoms with Gasteiger partial charge in [0.1, 0.15) is 36.0 Å². The Morgan fingerprint density at radius 3 is 2.01 bits per heavy atom. The number of nitrogens with two attached hydrogens (primary N) is 1. The van der Waals surface area contributed by atoms with Crippen molar-refractivity contribution in [2.45, 2.75) is 207 Å². The molecule has 12 atom stereocenters. The Kier molecular flexibility index (Phi) is 35.4. The molecule has 588 valence electrons. The number of carbonyl (C=O) groups is 10. The maximum absolute atomic E-state index is 14.9. The molecule has 0 spiro atoms. The third-order valence-corrected chi connectivity index (χ3v) is 21.3. The first kappa shape index (κ1) is 87.2. The summed E-state index contributed by atoms with van der Waals surface area (Å²) in [6, 6.07) is 18.7. The van der Waals surface area contributed by atoms with Crippen molar-refractivity contribution in [1.29, 1.82) is 0 Å². The second-order valence-corrected chi connectivity index (χ2v) is 30.2. The number of amides is 11. The standard InChI is InChI=1S/C79H117N13O14S/c1-15-52(8)70(62(104-13)47-66(96)91-43-23-27-61(91)71(105-14)53(9)72(97)85-60(76-81-41-45-107-76)46-55-24-18-16-19-25-55)90(12)77(101)68(50(4)5)87-75(100)69(51(6)7)88(10)44-39-54-31-35-58(36-32-54)89(11)79(103)106-48-56-29-33-57(34-30-56)83-73(98)59(26-22-40-82-78(80)102)84-74(99)67(49(2)3)86-63(93)28-20-17-21-42-92-64(94)37-38-65(92)95/h16,18-19,24-25,29-38,41,45,49-53,59-62,67-72,85,97H,15,17,20-23,26-28,39-40,42-44,46-48H2,1-14H3,(H,83,98)(H,84,99)(H,86,93)(H,87,100)(H3,80,82,102)/t52-,53+,59-,60-,61-,62+,67-,68-,69-,70-,71?,72?/m0/s1. The number of aliphatic hydroxyl groups is 1. The molecule has 28 heteroatoms. The molecule has 3 heterocycles. The number of ether oxygens (including phenoxy) is 3. The van der Waals surface area contributed by atoms with Gasteiger partial charge < -0.3 is 61.4 Å². The molecule has 2 aliphatic rings. The molecule has 3 aromatic carbocycles. The van der Waals surface area contributed by atoms with Crippen LogP contribution < -0.4 is 42.5 Å². The van der Waals surface area contributed by atoms with E-state index in [1.165, 1.54) is 28.4 Å². The number of anilines is 2. The number of thiazole rings is 1. The van der Waals surface area contributed by atoms with Crippen LogP contribution in [0.5, 0.6) is 0 Å². The Labute approximate surface area is 635 Å². The molecule has 11 amide bonds. The van der Waals surface area contributed by atoms with Gasteiger partial charge in [-0.3, -0.25) is 58.4 Å². The van der Waals surface area contributed by atoms with Crippen molar-refractivity contribution in [3.63, 3.8) is 0 Å². The maximum atomic E-state index is 14.9. The lowest BCUT2D eigenvalue weighted by atomic mass is 9.89. The van der Waals surface area contributed by atoms with Crippen LogP contribution in [0.15, 0.2) is 103 Å². The average molecular weight is 1500 g/mol. The molecule has 2 unspecified atom stereocenters. The van der Waals surface area contributed by atoms with E-state index >= 15 is 0 Å². The molecule has 4 aromatic rings. The second kappa shape index (κ2) is 43.4. The number of nitrogens with one attached hydrogen (secondary N) is 6. The van der Waals surface area contributed by atoms with Gasteiger partial charge in [0.05, 0.1) is 42.8 Å². The molecule has 0 aliphatic carbocycles. The fourth-order valence-electron chi connectivity index (χ4n) is 14.0. The smallest absolute Gasteiger partial charge is 0.414 e. The Balaban J connectivity index is 0.988. The van der Waals surface area contributed by atoms with E-state index in [0.717, 1.165) is 27.5 Å². The van der Waals surface area contributed by atoms with Crippen LogP contribution in [0, 0.1) is 29.6 Å². The van der Waals surface area contributed by atoms with Crippen LogP contribution in [0.25, 0.3) is 0 Å². The molecule has 27 nitrogen and oxygen atoms in total. The first-order valence-corrected chi connectivity index (χ1v) is 38.4.